The topological polar surface area (TPSA) is 101 Å². The maximum atomic E-state index is 13.6. The number of hydrogen-bond donors (Lipinski definition) is 1. The van der Waals surface area contributed by atoms with E-state index in [1.54, 1.807) is 49.4 Å². The lowest BCUT2D eigenvalue weighted by atomic mass is 9.98. The quantitative estimate of drug-likeness (QED) is 0.377. The molecule has 174 valence electrons. The molecule has 0 bridgehead atoms. The first-order chi connectivity index (χ1) is 15.6. The minimum atomic E-state index is -3.47. The van der Waals surface area contributed by atoms with E-state index in [1.165, 1.54) is 16.7 Å². The zero-order valence-electron chi connectivity index (χ0n) is 18.4. The smallest absolute Gasteiger partial charge is 0.264 e. The van der Waals surface area contributed by atoms with Gasteiger partial charge < -0.3 is 10.5 Å². The van der Waals surface area contributed by atoms with Crippen molar-refractivity contribution in [2.75, 3.05) is 25.2 Å². The predicted octanol–water partition coefficient (Wildman–Crippen LogP) is 3.67. The number of nitrogens with zero attached hydrogens (tertiary/aromatic N) is 1. The molecule has 0 aliphatic carbocycles. The molecule has 7 nitrogen and oxygen atoms in total. The molecule has 0 amide bonds. The van der Waals surface area contributed by atoms with Gasteiger partial charge in [0.05, 0.1) is 25.2 Å². The largest absolute Gasteiger partial charge is 0.494 e. The molecule has 0 aliphatic heterocycles. The van der Waals surface area contributed by atoms with Gasteiger partial charge in [0, 0.05) is 18.1 Å². The number of aryl methyl sites for hydroxylation is 1. The summed E-state index contributed by atoms with van der Waals surface area (Å²) in [5.41, 5.74) is 8.89. The van der Waals surface area contributed by atoms with E-state index in [0.717, 1.165) is 6.26 Å². The lowest BCUT2D eigenvalue weighted by Crippen LogP contribution is -2.21. The molecule has 0 spiro atoms. The Morgan fingerprint density at radius 1 is 1.09 bits per heavy atom. The second kappa shape index (κ2) is 10.0. The third kappa shape index (κ3) is 6.09. The standard InChI is InChI=1S/C24H25FN2O5S/c1-16-15-18(5-11-22(16)25)17(2)21-10-12-23(28)27(24(21)26)19-6-8-20(9-7-19)31-13-4-14-32-33(3,29)30/h5-12,15H,2,4,13-14,26H2,1,3H3. The minimum absolute atomic E-state index is 0.0348. The van der Waals surface area contributed by atoms with Crippen molar-refractivity contribution in [2.24, 2.45) is 0 Å². The zero-order chi connectivity index (χ0) is 24.2. The molecule has 0 aliphatic rings. The van der Waals surface area contributed by atoms with Crippen molar-refractivity contribution < 1.29 is 21.7 Å². The van der Waals surface area contributed by atoms with Crippen molar-refractivity contribution in [2.45, 2.75) is 13.3 Å². The maximum Gasteiger partial charge on any atom is 0.264 e. The second-order valence-corrected chi connectivity index (χ2v) is 9.11. The molecule has 2 N–H and O–H groups in total. The van der Waals surface area contributed by atoms with Crippen LogP contribution in [0.2, 0.25) is 0 Å². The Morgan fingerprint density at radius 2 is 1.79 bits per heavy atom. The van der Waals surface area contributed by atoms with Crippen molar-refractivity contribution in [3.63, 3.8) is 0 Å². The van der Waals surface area contributed by atoms with E-state index in [2.05, 4.69) is 10.8 Å². The molecular formula is C24H25FN2O5S. The molecule has 33 heavy (non-hydrogen) atoms. The van der Waals surface area contributed by atoms with Crippen LogP contribution in [0.15, 0.2) is 66.0 Å². The van der Waals surface area contributed by atoms with Crippen LogP contribution < -0.4 is 16.0 Å². The van der Waals surface area contributed by atoms with Crippen LogP contribution in [0.1, 0.15) is 23.1 Å². The fourth-order valence-corrected chi connectivity index (χ4v) is 3.63. The average molecular weight is 473 g/mol. The van der Waals surface area contributed by atoms with Gasteiger partial charge in [-0.1, -0.05) is 12.6 Å². The summed E-state index contributed by atoms with van der Waals surface area (Å²) in [6.45, 7) is 6.05. The second-order valence-electron chi connectivity index (χ2n) is 7.47. The van der Waals surface area contributed by atoms with Crippen LogP contribution in [0.5, 0.6) is 5.75 Å². The first-order valence-corrected chi connectivity index (χ1v) is 11.9. The molecule has 1 heterocycles. The highest BCUT2D eigenvalue weighted by Gasteiger charge is 2.14. The van der Waals surface area contributed by atoms with Gasteiger partial charge in [0.25, 0.3) is 15.7 Å². The molecule has 9 heteroatoms. The number of anilines is 1. The van der Waals surface area contributed by atoms with Crippen LogP contribution in [0.4, 0.5) is 10.2 Å². The zero-order valence-corrected chi connectivity index (χ0v) is 19.2. The van der Waals surface area contributed by atoms with Crippen molar-refractivity contribution in [1.29, 1.82) is 0 Å². The van der Waals surface area contributed by atoms with E-state index >= 15 is 0 Å². The number of nitrogens with two attached hydrogens (primary N) is 1. The Labute approximate surface area is 192 Å². The van der Waals surface area contributed by atoms with Crippen LogP contribution in [0, 0.1) is 12.7 Å². The number of rotatable bonds is 9. The summed E-state index contributed by atoms with van der Waals surface area (Å²) in [4.78, 5) is 12.6. The normalized spacial score (nSPS) is 11.4. The molecule has 0 atom stereocenters. The summed E-state index contributed by atoms with van der Waals surface area (Å²) in [5.74, 6) is 0.447. The van der Waals surface area contributed by atoms with Crippen molar-refractivity contribution in [1.82, 2.24) is 4.57 Å². The average Bonchev–Trinajstić information content (AvgIpc) is 2.75. The molecule has 0 saturated heterocycles. The van der Waals surface area contributed by atoms with E-state index in [1.807, 2.05) is 0 Å². The van der Waals surface area contributed by atoms with Gasteiger partial charge in [-0.15, -0.1) is 0 Å². The van der Waals surface area contributed by atoms with E-state index in [4.69, 9.17) is 10.5 Å². The van der Waals surface area contributed by atoms with Gasteiger partial charge in [-0.2, -0.15) is 8.42 Å². The number of aromatic nitrogens is 1. The van der Waals surface area contributed by atoms with E-state index in [9.17, 15) is 17.6 Å². The van der Waals surface area contributed by atoms with E-state index < -0.39 is 10.1 Å². The van der Waals surface area contributed by atoms with Crippen molar-refractivity contribution in [3.8, 4) is 11.4 Å². The number of hydrogen-bond acceptors (Lipinski definition) is 6. The summed E-state index contributed by atoms with van der Waals surface area (Å²) in [6, 6.07) is 14.4. The fourth-order valence-electron chi connectivity index (χ4n) is 3.21. The van der Waals surface area contributed by atoms with Gasteiger partial charge in [0.15, 0.2) is 0 Å². The molecule has 3 rings (SSSR count). The first-order valence-electron chi connectivity index (χ1n) is 10.1. The van der Waals surface area contributed by atoms with Crippen molar-refractivity contribution >= 4 is 21.5 Å². The van der Waals surface area contributed by atoms with Gasteiger partial charge in [-0.25, -0.2) is 4.39 Å². The van der Waals surface area contributed by atoms with Crippen LogP contribution in [-0.2, 0) is 14.3 Å². The molecule has 2 aromatic carbocycles. The monoisotopic (exact) mass is 472 g/mol. The fraction of sp³-hybridized carbons (Fsp3) is 0.208. The number of halogens is 1. The highest BCUT2D eigenvalue weighted by Crippen LogP contribution is 2.28. The Morgan fingerprint density at radius 3 is 2.42 bits per heavy atom. The summed E-state index contributed by atoms with van der Waals surface area (Å²) >= 11 is 0. The summed E-state index contributed by atoms with van der Waals surface area (Å²) < 4.78 is 47.1. The number of ether oxygens (including phenoxy) is 1. The van der Waals surface area contributed by atoms with Crippen LogP contribution in [-0.4, -0.2) is 32.5 Å². The molecule has 0 radical (unpaired) electrons. The Bertz CT molecular complexity index is 1330. The maximum absolute atomic E-state index is 13.6. The first kappa shape index (κ1) is 24.2. The molecular weight excluding hydrogens is 447 g/mol. The van der Waals surface area contributed by atoms with Crippen molar-refractivity contribution in [3.05, 3.63) is 94.0 Å². The molecule has 0 saturated carbocycles. The molecule has 1 aromatic heterocycles. The highest BCUT2D eigenvalue weighted by molar-refractivity contribution is 7.85. The summed E-state index contributed by atoms with van der Waals surface area (Å²) in [5, 5.41) is 0. The van der Waals surface area contributed by atoms with Crippen LogP contribution >= 0.6 is 0 Å². The van der Waals surface area contributed by atoms with Crippen LogP contribution in [0.3, 0.4) is 0 Å². The van der Waals surface area contributed by atoms with Gasteiger partial charge in [-0.3, -0.25) is 13.5 Å². The van der Waals surface area contributed by atoms with Gasteiger partial charge in [0.2, 0.25) is 0 Å². The highest BCUT2D eigenvalue weighted by atomic mass is 32.2. The Hall–Kier alpha value is -3.43. The number of pyridine rings is 1. The molecule has 0 fully saturated rings. The lowest BCUT2D eigenvalue weighted by Gasteiger charge is -2.16. The number of benzene rings is 2. The van der Waals surface area contributed by atoms with Gasteiger partial charge >= 0.3 is 0 Å². The van der Waals surface area contributed by atoms with Gasteiger partial charge in [0.1, 0.15) is 17.4 Å². The van der Waals surface area contributed by atoms with E-state index in [0.29, 0.717) is 40.1 Å². The third-order valence-electron chi connectivity index (χ3n) is 4.91. The SMILES string of the molecule is C=C(c1ccc(F)c(C)c1)c1ccc(=O)n(-c2ccc(OCCCOS(C)(=O)=O)cc2)c1N. The summed E-state index contributed by atoms with van der Waals surface area (Å²) in [6.07, 6.45) is 1.39. The minimum Gasteiger partial charge on any atom is -0.494 e. The third-order valence-corrected chi connectivity index (χ3v) is 5.51. The van der Waals surface area contributed by atoms with E-state index in [-0.39, 0.29) is 30.4 Å². The number of nitrogen functional groups attached to an aromatic ring is 1. The lowest BCUT2D eigenvalue weighted by molar-refractivity contribution is 0.252. The van der Waals surface area contributed by atoms with Crippen LogP contribution in [0.25, 0.3) is 11.3 Å². The molecule has 3 aromatic rings. The van der Waals surface area contributed by atoms with Gasteiger partial charge in [-0.05, 0) is 66.1 Å². The molecule has 0 unspecified atom stereocenters. The Balaban J connectivity index is 1.78. The summed E-state index contributed by atoms with van der Waals surface area (Å²) in [7, 11) is -3.47. The Kier molecular flexibility index (Phi) is 7.35. The predicted molar refractivity (Wildman–Crippen MR) is 127 cm³/mol.